The van der Waals surface area contributed by atoms with E-state index in [0.29, 0.717) is 30.0 Å². The zero-order valence-corrected chi connectivity index (χ0v) is 18.1. The maximum atomic E-state index is 5.41. The Bertz CT molecular complexity index is 683. The number of halogens is 1. The first-order valence-corrected chi connectivity index (χ1v) is 9.05. The van der Waals surface area contributed by atoms with E-state index in [2.05, 4.69) is 42.6 Å². The molecule has 2 aromatic rings. The fourth-order valence-electron chi connectivity index (χ4n) is 2.77. The van der Waals surface area contributed by atoms with Crippen LogP contribution in [0, 0.1) is 0 Å². The lowest BCUT2D eigenvalue weighted by Gasteiger charge is -2.32. The molecule has 27 heavy (non-hydrogen) atoms. The molecular weight excluding hydrogens is 461 g/mol. The van der Waals surface area contributed by atoms with Crippen LogP contribution in [0.3, 0.4) is 0 Å². The molecule has 1 saturated heterocycles. The maximum Gasteiger partial charge on any atom is 0.216 e. The number of aliphatic imine (C=N–C) groups is 1. The second kappa shape index (κ2) is 11.2. The van der Waals surface area contributed by atoms with Crippen molar-refractivity contribution in [3.8, 4) is 11.6 Å². The van der Waals surface area contributed by atoms with Crippen LogP contribution >= 0.6 is 24.0 Å². The second-order valence-corrected chi connectivity index (χ2v) is 6.16. The molecule has 0 aromatic carbocycles. The number of guanidine groups is 1. The SMILES string of the molecule is CCNC(=NCc1nc(-c2ccco2)n[nH]1)NCC(C)N1CCOCC1.I. The van der Waals surface area contributed by atoms with Crippen molar-refractivity contribution in [1.82, 2.24) is 30.7 Å². The summed E-state index contributed by atoms with van der Waals surface area (Å²) in [5, 5.41) is 13.7. The van der Waals surface area contributed by atoms with Gasteiger partial charge in [0.05, 0.1) is 19.5 Å². The van der Waals surface area contributed by atoms with Crippen LogP contribution in [-0.4, -0.2) is 71.5 Å². The van der Waals surface area contributed by atoms with Gasteiger partial charge >= 0.3 is 0 Å². The number of nitrogens with zero attached hydrogens (tertiary/aromatic N) is 4. The fraction of sp³-hybridized carbons (Fsp3) is 0.588. The zero-order chi connectivity index (χ0) is 18.2. The molecular formula is C17H28IN7O2. The van der Waals surface area contributed by atoms with E-state index in [-0.39, 0.29) is 24.0 Å². The van der Waals surface area contributed by atoms with Crippen LogP contribution in [0.25, 0.3) is 11.6 Å². The topological polar surface area (TPSA) is 104 Å². The van der Waals surface area contributed by atoms with Crippen molar-refractivity contribution in [2.24, 2.45) is 4.99 Å². The number of hydrogen-bond donors (Lipinski definition) is 3. The molecule has 1 aliphatic heterocycles. The molecule has 3 heterocycles. The van der Waals surface area contributed by atoms with E-state index in [4.69, 9.17) is 9.15 Å². The van der Waals surface area contributed by atoms with Gasteiger partial charge in [-0.25, -0.2) is 9.98 Å². The van der Waals surface area contributed by atoms with Gasteiger partial charge in [-0.3, -0.25) is 10.00 Å². The third-order valence-corrected chi connectivity index (χ3v) is 4.24. The summed E-state index contributed by atoms with van der Waals surface area (Å²) in [5.74, 6) is 2.64. The van der Waals surface area contributed by atoms with Gasteiger partial charge in [-0.05, 0) is 26.0 Å². The van der Waals surface area contributed by atoms with Crippen LogP contribution in [0.5, 0.6) is 0 Å². The van der Waals surface area contributed by atoms with Crippen LogP contribution < -0.4 is 10.6 Å². The van der Waals surface area contributed by atoms with Gasteiger partial charge in [0, 0.05) is 32.2 Å². The zero-order valence-electron chi connectivity index (χ0n) is 15.8. The summed E-state index contributed by atoms with van der Waals surface area (Å²) in [5.41, 5.74) is 0. The van der Waals surface area contributed by atoms with E-state index in [0.717, 1.165) is 45.4 Å². The van der Waals surface area contributed by atoms with Crippen molar-refractivity contribution in [3.05, 3.63) is 24.2 Å². The molecule has 0 radical (unpaired) electrons. The molecule has 0 saturated carbocycles. The first kappa shape index (κ1) is 21.6. The lowest BCUT2D eigenvalue weighted by Crippen LogP contribution is -2.49. The summed E-state index contributed by atoms with van der Waals surface area (Å²) >= 11 is 0. The van der Waals surface area contributed by atoms with Crippen molar-refractivity contribution in [2.45, 2.75) is 26.4 Å². The molecule has 1 fully saturated rings. The molecule has 2 aromatic heterocycles. The molecule has 1 atom stereocenters. The summed E-state index contributed by atoms with van der Waals surface area (Å²) in [6.07, 6.45) is 1.60. The van der Waals surface area contributed by atoms with Crippen LogP contribution in [-0.2, 0) is 11.3 Å². The van der Waals surface area contributed by atoms with E-state index >= 15 is 0 Å². The van der Waals surface area contributed by atoms with Crippen LogP contribution in [0.1, 0.15) is 19.7 Å². The largest absolute Gasteiger partial charge is 0.461 e. The van der Waals surface area contributed by atoms with Crippen LogP contribution in [0.2, 0.25) is 0 Å². The number of hydrogen-bond acceptors (Lipinski definition) is 6. The lowest BCUT2D eigenvalue weighted by molar-refractivity contribution is 0.0211. The van der Waals surface area contributed by atoms with Crippen LogP contribution in [0.15, 0.2) is 27.8 Å². The van der Waals surface area contributed by atoms with Crippen molar-refractivity contribution in [2.75, 3.05) is 39.4 Å². The maximum absolute atomic E-state index is 5.41. The molecule has 150 valence electrons. The molecule has 0 amide bonds. The van der Waals surface area contributed by atoms with E-state index in [9.17, 15) is 0 Å². The first-order chi connectivity index (χ1) is 12.8. The summed E-state index contributed by atoms with van der Waals surface area (Å²) in [4.78, 5) is 11.4. The Labute approximate surface area is 176 Å². The third kappa shape index (κ3) is 6.47. The summed E-state index contributed by atoms with van der Waals surface area (Å²) in [6.45, 7) is 9.86. The summed E-state index contributed by atoms with van der Waals surface area (Å²) in [7, 11) is 0. The van der Waals surface area contributed by atoms with Gasteiger partial charge < -0.3 is 19.8 Å². The minimum atomic E-state index is 0. The van der Waals surface area contributed by atoms with E-state index in [1.54, 1.807) is 6.26 Å². The molecule has 0 aliphatic carbocycles. The Morgan fingerprint density at radius 3 is 2.89 bits per heavy atom. The molecule has 1 aliphatic rings. The smallest absolute Gasteiger partial charge is 0.216 e. The van der Waals surface area contributed by atoms with Crippen molar-refractivity contribution in [1.29, 1.82) is 0 Å². The lowest BCUT2D eigenvalue weighted by atomic mass is 10.2. The van der Waals surface area contributed by atoms with Gasteiger partial charge in [-0.1, -0.05) is 0 Å². The van der Waals surface area contributed by atoms with Crippen molar-refractivity contribution >= 4 is 29.9 Å². The molecule has 0 bridgehead atoms. The number of H-pyrrole nitrogens is 1. The Morgan fingerprint density at radius 1 is 1.37 bits per heavy atom. The predicted molar refractivity (Wildman–Crippen MR) is 114 cm³/mol. The predicted octanol–water partition coefficient (Wildman–Crippen LogP) is 1.46. The number of furan rings is 1. The Balaban J connectivity index is 0.00000261. The highest BCUT2D eigenvalue weighted by Crippen LogP contribution is 2.14. The number of nitrogens with one attached hydrogen (secondary N) is 3. The Kier molecular flexibility index (Phi) is 9.01. The molecule has 10 heteroatoms. The average molecular weight is 489 g/mol. The van der Waals surface area contributed by atoms with Crippen LogP contribution in [0.4, 0.5) is 0 Å². The first-order valence-electron chi connectivity index (χ1n) is 9.05. The quantitative estimate of drug-likeness (QED) is 0.308. The minimum Gasteiger partial charge on any atom is -0.461 e. The molecule has 9 nitrogen and oxygen atoms in total. The highest BCUT2D eigenvalue weighted by molar-refractivity contribution is 14.0. The number of ether oxygens (including phenoxy) is 1. The highest BCUT2D eigenvalue weighted by Gasteiger charge is 2.17. The van der Waals surface area contributed by atoms with E-state index < -0.39 is 0 Å². The average Bonchev–Trinajstić information content (AvgIpc) is 3.36. The Hall–Kier alpha value is -1.66. The molecule has 3 N–H and O–H groups in total. The number of morpholine rings is 1. The second-order valence-electron chi connectivity index (χ2n) is 6.16. The van der Waals surface area contributed by atoms with Crippen molar-refractivity contribution < 1.29 is 9.15 Å². The molecule has 0 spiro atoms. The summed E-state index contributed by atoms with van der Waals surface area (Å²) < 4.78 is 10.7. The monoisotopic (exact) mass is 489 g/mol. The Morgan fingerprint density at radius 2 is 2.19 bits per heavy atom. The van der Waals surface area contributed by atoms with Gasteiger partial charge in [-0.15, -0.1) is 29.1 Å². The minimum absolute atomic E-state index is 0. The van der Waals surface area contributed by atoms with Gasteiger partial charge in [0.25, 0.3) is 0 Å². The van der Waals surface area contributed by atoms with Crippen molar-refractivity contribution in [3.63, 3.8) is 0 Å². The van der Waals surface area contributed by atoms with Gasteiger partial charge in [0.2, 0.25) is 5.82 Å². The fourth-order valence-corrected chi connectivity index (χ4v) is 2.77. The standard InChI is InChI=1S/C17H27N7O2.HI/c1-3-18-17(19-11-13(2)24-6-9-25-10-7-24)20-12-15-21-16(23-22-15)14-5-4-8-26-14;/h4-5,8,13H,3,6-7,9-12H2,1-2H3,(H2,18,19,20)(H,21,22,23);1H. The number of aromatic nitrogens is 3. The van der Waals surface area contributed by atoms with E-state index in [1.807, 2.05) is 19.1 Å². The number of aromatic amines is 1. The normalized spacial score (nSPS) is 16.6. The van der Waals surface area contributed by atoms with E-state index in [1.165, 1.54) is 0 Å². The molecule has 3 rings (SSSR count). The summed E-state index contributed by atoms with van der Waals surface area (Å²) in [6, 6.07) is 4.06. The highest BCUT2D eigenvalue weighted by atomic mass is 127. The third-order valence-electron chi connectivity index (χ3n) is 4.24. The van der Waals surface area contributed by atoms with Gasteiger partial charge in [0.15, 0.2) is 11.7 Å². The number of rotatable bonds is 7. The van der Waals surface area contributed by atoms with Gasteiger partial charge in [-0.2, -0.15) is 0 Å². The van der Waals surface area contributed by atoms with Gasteiger partial charge in [0.1, 0.15) is 12.4 Å². The molecule has 1 unspecified atom stereocenters.